The summed E-state index contributed by atoms with van der Waals surface area (Å²) >= 11 is 3.88. The lowest BCUT2D eigenvalue weighted by atomic mass is 10.2. The average molecular weight is 481 g/mol. The van der Waals surface area contributed by atoms with Crippen LogP contribution in [0, 0.1) is 7.14 Å². The summed E-state index contributed by atoms with van der Waals surface area (Å²) in [6.45, 7) is -1.55. The third-order valence-corrected chi connectivity index (χ3v) is 3.40. The van der Waals surface area contributed by atoms with E-state index in [0.29, 0.717) is 3.57 Å². The Kier molecular flexibility index (Phi) is 5.25. The predicted octanol–water partition coefficient (Wildman–Crippen LogP) is 1.44. The van der Waals surface area contributed by atoms with Gasteiger partial charge in [0.1, 0.15) is 5.97 Å². The third-order valence-electron chi connectivity index (χ3n) is 1.83. The fourth-order valence-corrected chi connectivity index (χ4v) is 2.77. The molecule has 0 heterocycles. The molecule has 98 valence electrons. The van der Waals surface area contributed by atoms with Crippen LogP contribution in [0.15, 0.2) is 18.2 Å². The van der Waals surface area contributed by atoms with Crippen LogP contribution in [0.5, 0.6) is 0 Å². The number of carbonyl (C=O) groups is 2. The van der Waals surface area contributed by atoms with Crippen LogP contribution in [0.4, 0.5) is 8.78 Å². The van der Waals surface area contributed by atoms with Crippen LogP contribution in [0.3, 0.4) is 0 Å². The fourth-order valence-electron chi connectivity index (χ4n) is 0.948. The van der Waals surface area contributed by atoms with Gasteiger partial charge in [0.05, 0.1) is 5.56 Å². The van der Waals surface area contributed by atoms with Crippen LogP contribution < -0.4 is 5.11 Å². The van der Waals surface area contributed by atoms with Crippen molar-refractivity contribution in [3.63, 3.8) is 0 Å². The van der Waals surface area contributed by atoms with Crippen molar-refractivity contribution in [1.29, 1.82) is 0 Å². The number of carbonyl (C=O) groups excluding carboxylic acids is 2. The first kappa shape index (κ1) is 15.5. The topological polar surface area (TPSA) is 66.4 Å². The molecule has 0 atom stereocenters. The van der Waals surface area contributed by atoms with Crippen LogP contribution in [0.1, 0.15) is 10.4 Å². The van der Waals surface area contributed by atoms with E-state index in [9.17, 15) is 23.5 Å². The standard InChI is InChI=1S/C10H6F2I2O4/c11-10(12,9(16)17)4-18-8(15)6-2-1-5(13)3-7(6)14/h1-3H,4H2,(H,16,17)/p-1. The maximum absolute atomic E-state index is 12.6. The lowest BCUT2D eigenvalue weighted by Crippen LogP contribution is -2.45. The highest BCUT2D eigenvalue weighted by atomic mass is 127. The average Bonchev–Trinajstić information content (AvgIpc) is 2.25. The highest BCUT2D eigenvalue weighted by Gasteiger charge is 2.33. The summed E-state index contributed by atoms with van der Waals surface area (Å²) in [5.74, 6) is -7.77. The number of aliphatic carboxylic acids is 1. The normalized spacial score (nSPS) is 11.1. The molecule has 0 bridgehead atoms. The van der Waals surface area contributed by atoms with Crippen LogP contribution in [0.25, 0.3) is 0 Å². The Hall–Kier alpha value is -0.520. The van der Waals surface area contributed by atoms with E-state index in [2.05, 4.69) is 4.74 Å². The molecule has 1 aromatic rings. The zero-order chi connectivity index (χ0) is 13.9. The number of hydrogen-bond acceptors (Lipinski definition) is 4. The molecule has 0 N–H and O–H groups in total. The van der Waals surface area contributed by atoms with E-state index in [0.717, 1.165) is 3.57 Å². The van der Waals surface area contributed by atoms with Crippen molar-refractivity contribution >= 4 is 57.1 Å². The summed E-state index contributed by atoms with van der Waals surface area (Å²) in [7, 11) is 0. The fraction of sp³-hybridized carbons (Fsp3) is 0.200. The Bertz CT molecular complexity index is 491. The van der Waals surface area contributed by atoms with E-state index in [1.165, 1.54) is 6.07 Å². The van der Waals surface area contributed by atoms with Gasteiger partial charge in [0.15, 0.2) is 6.61 Å². The molecular formula is C10H5F2I2O4-. The first-order valence-corrected chi connectivity index (χ1v) is 6.61. The van der Waals surface area contributed by atoms with E-state index >= 15 is 0 Å². The Balaban J connectivity index is 2.75. The van der Waals surface area contributed by atoms with E-state index in [4.69, 9.17) is 0 Å². The molecule has 0 radical (unpaired) electrons. The van der Waals surface area contributed by atoms with Crippen molar-refractivity contribution in [2.75, 3.05) is 6.61 Å². The smallest absolute Gasteiger partial charge is 0.339 e. The van der Waals surface area contributed by atoms with Crippen molar-refractivity contribution < 1.29 is 28.2 Å². The second kappa shape index (κ2) is 6.08. The molecule has 8 heteroatoms. The highest BCUT2D eigenvalue weighted by molar-refractivity contribution is 14.1. The molecule has 0 aliphatic carbocycles. The van der Waals surface area contributed by atoms with Crippen molar-refractivity contribution in [1.82, 2.24) is 0 Å². The summed E-state index contributed by atoms with van der Waals surface area (Å²) < 4.78 is 30.9. The second-order valence-electron chi connectivity index (χ2n) is 3.19. The molecule has 0 aliphatic rings. The number of carboxylic acid groups (broad SMARTS) is 1. The molecule has 0 saturated heterocycles. The number of rotatable bonds is 4. The maximum Gasteiger partial charge on any atom is 0.339 e. The Morgan fingerprint density at radius 2 is 1.94 bits per heavy atom. The SMILES string of the molecule is O=C(OCC(F)(F)C(=O)[O-])c1ccc(I)cc1I. The van der Waals surface area contributed by atoms with Gasteiger partial charge in [0, 0.05) is 7.14 Å². The monoisotopic (exact) mass is 481 g/mol. The second-order valence-corrected chi connectivity index (χ2v) is 5.60. The van der Waals surface area contributed by atoms with Gasteiger partial charge in [0.2, 0.25) is 0 Å². The summed E-state index contributed by atoms with van der Waals surface area (Å²) in [5, 5.41) is 10.0. The number of esters is 1. The zero-order valence-corrected chi connectivity index (χ0v) is 12.9. The predicted molar refractivity (Wildman–Crippen MR) is 72.1 cm³/mol. The van der Waals surface area contributed by atoms with Gasteiger partial charge in [-0.2, -0.15) is 8.78 Å². The first-order chi connectivity index (χ1) is 8.24. The van der Waals surface area contributed by atoms with Gasteiger partial charge in [-0.05, 0) is 63.4 Å². The maximum atomic E-state index is 12.6. The van der Waals surface area contributed by atoms with E-state index in [-0.39, 0.29) is 5.56 Å². The number of ether oxygens (including phenoxy) is 1. The van der Waals surface area contributed by atoms with Gasteiger partial charge in [-0.1, -0.05) is 0 Å². The highest BCUT2D eigenvalue weighted by Crippen LogP contribution is 2.19. The molecular weight excluding hydrogens is 476 g/mol. The molecule has 0 unspecified atom stereocenters. The minimum absolute atomic E-state index is 0.102. The molecule has 0 amide bonds. The van der Waals surface area contributed by atoms with Gasteiger partial charge in [-0.15, -0.1) is 0 Å². The molecule has 18 heavy (non-hydrogen) atoms. The van der Waals surface area contributed by atoms with Crippen LogP contribution in [0.2, 0.25) is 0 Å². The third kappa shape index (κ3) is 4.00. The molecule has 1 rings (SSSR count). The summed E-state index contributed by atoms with van der Waals surface area (Å²) in [6, 6.07) is 4.69. The summed E-state index contributed by atoms with van der Waals surface area (Å²) in [4.78, 5) is 21.5. The summed E-state index contributed by atoms with van der Waals surface area (Å²) in [5.41, 5.74) is 0.102. The van der Waals surface area contributed by atoms with Gasteiger partial charge >= 0.3 is 11.9 Å². The van der Waals surface area contributed by atoms with Crippen LogP contribution in [-0.4, -0.2) is 24.5 Å². The molecule has 0 saturated carbocycles. The minimum atomic E-state index is -4.19. The molecule has 0 aliphatic heterocycles. The first-order valence-electron chi connectivity index (χ1n) is 4.45. The molecule has 0 fully saturated rings. The number of benzene rings is 1. The van der Waals surface area contributed by atoms with Crippen molar-refractivity contribution in [2.45, 2.75) is 5.92 Å². The summed E-state index contributed by atoms with van der Waals surface area (Å²) in [6.07, 6.45) is 0. The van der Waals surface area contributed by atoms with Crippen molar-refractivity contribution in [3.05, 3.63) is 30.9 Å². The van der Waals surface area contributed by atoms with Gasteiger partial charge in [-0.3, -0.25) is 0 Å². The molecule has 4 nitrogen and oxygen atoms in total. The van der Waals surface area contributed by atoms with Gasteiger partial charge < -0.3 is 14.6 Å². The molecule has 0 spiro atoms. The van der Waals surface area contributed by atoms with Crippen LogP contribution in [-0.2, 0) is 9.53 Å². The minimum Gasteiger partial charge on any atom is -0.544 e. The number of halogens is 4. The van der Waals surface area contributed by atoms with Crippen molar-refractivity contribution in [3.8, 4) is 0 Å². The lowest BCUT2D eigenvalue weighted by molar-refractivity contribution is -0.331. The molecule has 1 aromatic carbocycles. The largest absolute Gasteiger partial charge is 0.544 e. The quantitative estimate of drug-likeness (QED) is 0.483. The van der Waals surface area contributed by atoms with Crippen LogP contribution >= 0.6 is 45.2 Å². The van der Waals surface area contributed by atoms with Gasteiger partial charge in [0.25, 0.3) is 0 Å². The Morgan fingerprint density at radius 3 is 2.44 bits per heavy atom. The lowest BCUT2D eigenvalue weighted by Gasteiger charge is -2.17. The number of carboxylic acids is 1. The number of hydrogen-bond donors (Lipinski definition) is 0. The van der Waals surface area contributed by atoms with E-state index in [1.807, 2.05) is 45.2 Å². The van der Waals surface area contributed by atoms with E-state index < -0.39 is 24.5 Å². The number of alkyl halides is 2. The van der Waals surface area contributed by atoms with Gasteiger partial charge in [-0.25, -0.2) is 4.79 Å². The Morgan fingerprint density at radius 1 is 1.33 bits per heavy atom. The van der Waals surface area contributed by atoms with E-state index in [1.54, 1.807) is 12.1 Å². The molecule has 0 aromatic heterocycles. The van der Waals surface area contributed by atoms with Crippen molar-refractivity contribution in [2.24, 2.45) is 0 Å². The zero-order valence-electron chi connectivity index (χ0n) is 8.58. The Labute approximate surface area is 128 Å².